The minimum absolute atomic E-state index is 0.00422. The van der Waals surface area contributed by atoms with Crippen molar-refractivity contribution in [3.8, 4) is 5.75 Å². The number of rotatable bonds is 12. The number of methoxy groups -OCH3 is 1. The number of ether oxygens (including phenoxy) is 1. The molecule has 0 unspecified atom stereocenters. The van der Waals surface area contributed by atoms with Gasteiger partial charge >= 0.3 is 6.03 Å². The van der Waals surface area contributed by atoms with Crippen LogP contribution in [-0.4, -0.2) is 121 Å². The minimum Gasteiger partial charge on any atom is -0.494 e. The quantitative estimate of drug-likeness (QED) is 0.257. The monoisotopic (exact) mass is 686 g/mol. The largest absolute Gasteiger partial charge is 0.494 e. The Hall–Kier alpha value is -4.18. The van der Waals surface area contributed by atoms with Crippen LogP contribution >= 0.6 is 11.6 Å². The van der Waals surface area contributed by atoms with Gasteiger partial charge in [-0.15, -0.1) is 0 Å². The Kier molecular flexibility index (Phi) is 10.7. The lowest BCUT2D eigenvalue weighted by molar-refractivity contribution is -0.133. The van der Waals surface area contributed by atoms with Crippen LogP contribution in [0.1, 0.15) is 13.8 Å². The van der Waals surface area contributed by atoms with Crippen LogP contribution < -0.4 is 20.3 Å². The summed E-state index contributed by atoms with van der Waals surface area (Å²) in [6.07, 6.45) is 1.40. The zero-order valence-electron chi connectivity index (χ0n) is 26.5. The number of aliphatic hydroxyl groups excluding tert-OH is 1. The fraction of sp³-hybridized carbons (Fsp3) is 0.419. The van der Waals surface area contributed by atoms with Crippen LogP contribution in [0.2, 0.25) is 5.02 Å². The lowest BCUT2D eigenvalue weighted by atomic mass is 10.2. The number of nitrogens with one attached hydrogen (secondary N) is 2. The maximum atomic E-state index is 13.3. The third kappa shape index (κ3) is 7.70. The summed E-state index contributed by atoms with van der Waals surface area (Å²) >= 11 is 6.38. The summed E-state index contributed by atoms with van der Waals surface area (Å²) in [6, 6.07) is 11.5. The van der Waals surface area contributed by atoms with Gasteiger partial charge in [0, 0.05) is 57.6 Å². The number of urea groups is 1. The second-order valence-electron chi connectivity index (χ2n) is 11.4. The summed E-state index contributed by atoms with van der Waals surface area (Å²) in [5.74, 6) is 0.705. The molecular formula is C31H39ClN8O6S. The Balaban J connectivity index is 1.26. The number of aromatic nitrogens is 2. The number of benzene rings is 2. The summed E-state index contributed by atoms with van der Waals surface area (Å²) in [6.45, 7) is 7.27. The molecule has 0 bridgehead atoms. The van der Waals surface area contributed by atoms with Gasteiger partial charge in [-0.2, -0.15) is 4.98 Å². The van der Waals surface area contributed by atoms with Gasteiger partial charge in [0.25, 0.3) is 0 Å². The highest BCUT2D eigenvalue weighted by Gasteiger charge is 2.33. The molecule has 47 heavy (non-hydrogen) atoms. The molecule has 0 aliphatic carbocycles. The number of aliphatic hydroxyl groups is 1. The van der Waals surface area contributed by atoms with E-state index in [1.807, 2.05) is 0 Å². The molecule has 2 aromatic carbocycles. The number of para-hydroxylation sites is 1. The van der Waals surface area contributed by atoms with Crippen LogP contribution in [0.4, 0.5) is 33.6 Å². The Morgan fingerprint density at radius 2 is 1.79 bits per heavy atom. The van der Waals surface area contributed by atoms with Gasteiger partial charge in [0.05, 0.1) is 41.4 Å². The highest BCUT2D eigenvalue weighted by Crippen LogP contribution is 2.34. The highest BCUT2D eigenvalue weighted by molar-refractivity contribution is 7.92. The average Bonchev–Trinajstić information content (AvgIpc) is 3.42. The van der Waals surface area contributed by atoms with E-state index in [1.165, 1.54) is 19.4 Å². The van der Waals surface area contributed by atoms with Gasteiger partial charge in [0.15, 0.2) is 15.7 Å². The number of carbonyl (C=O) groups is 2. The van der Waals surface area contributed by atoms with E-state index in [0.717, 1.165) is 0 Å². The maximum Gasteiger partial charge on any atom is 0.325 e. The van der Waals surface area contributed by atoms with Gasteiger partial charge in [-0.3, -0.25) is 14.6 Å². The summed E-state index contributed by atoms with van der Waals surface area (Å²) in [5, 5.41) is 14.8. The standard InChI is InChI=1S/C31H39ClN8O6S/c1-21(2)47(44,45)27-7-5-4-6-25(27)34-29-23(32)19-33-30(36-29)35-24-9-8-22(18-26(24)46-3)40-15-14-39(31(40)43)20-28(42)38-12-10-37(11-13-38)16-17-41/h4-9,18-19,21,41H,10-17,20H2,1-3H3,(H2,33,34,35,36). The first-order chi connectivity index (χ1) is 22.5. The van der Waals surface area contributed by atoms with E-state index in [9.17, 15) is 18.0 Å². The van der Waals surface area contributed by atoms with Gasteiger partial charge < -0.3 is 30.3 Å². The van der Waals surface area contributed by atoms with Crippen molar-refractivity contribution in [3.63, 3.8) is 0 Å². The number of carbonyl (C=O) groups excluding carboxylic acids is 2. The number of hydrogen-bond donors (Lipinski definition) is 3. The van der Waals surface area contributed by atoms with Crippen LogP contribution in [-0.2, 0) is 14.6 Å². The molecule has 5 rings (SSSR count). The molecule has 252 valence electrons. The second kappa shape index (κ2) is 14.7. The molecule has 14 nitrogen and oxygen atoms in total. The number of nitrogens with zero attached hydrogens (tertiary/aromatic N) is 6. The van der Waals surface area contributed by atoms with Gasteiger partial charge in [0.2, 0.25) is 11.9 Å². The van der Waals surface area contributed by atoms with E-state index in [-0.39, 0.29) is 46.8 Å². The summed E-state index contributed by atoms with van der Waals surface area (Å²) in [7, 11) is -2.08. The van der Waals surface area contributed by atoms with Gasteiger partial charge in [0.1, 0.15) is 17.3 Å². The molecular weight excluding hydrogens is 648 g/mol. The number of halogens is 1. The Morgan fingerprint density at radius 3 is 2.49 bits per heavy atom. The van der Waals surface area contributed by atoms with E-state index >= 15 is 0 Å². The summed E-state index contributed by atoms with van der Waals surface area (Å²) in [5.41, 5.74) is 1.46. The number of hydrogen-bond acceptors (Lipinski definition) is 11. The van der Waals surface area contributed by atoms with Crippen LogP contribution in [0, 0.1) is 0 Å². The van der Waals surface area contributed by atoms with Crippen molar-refractivity contribution in [2.45, 2.75) is 24.0 Å². The first-order valence-corrected chi connectivity index (χ1v) is 17.2. The van der Waals surface area contributed by atoms with Gasteiger partial charge in [-0.1, -0.05) is 23.7 Å². The molecule has 2 aliphatic heterocycles. The zero-order valence-corrected chi connectivity index (χ0v) is 28.1. The van der Waals surface area contributed by atoms with Crippen molar-refractivity contribution in [3.05, 3.63) is 53.7 Å². The minimum atomic E-state index is -3.58. The molecule has 0 radical (unpaired) electrons. The fourth-order valence-corrected chi connectivity index (χ4v) is 6.72. The van der Waals surface area contributed by atoms with Crippen molar-refractivity contribution in [1.29, 1.82) is 0 Å². The van der Waals surface area contributed by atoms with Crippen LogP contribution in [0.15, 0.2) is 53.6 Å². The predicted octanol–water partition coefficient (Wildman–Crippen LogP) is 3.19. The Morgan fingerprint density at radius 1 is 1.04 bits per heavy atom. The van der Waals surface area contributed by atoms with Crippen molar-refractivity contribution >= 4 is 62.2 Å². The summed E-state index contributed by atoms with van der Waals surface area (Å²) in [4.78, 5) is 42.1. The van der Waals surface area contributed by atoms with Crippen molar-refractivity contribution in [2.24, 2.45) is 0 Å². The zero-order chi connectivity index (χ0) is 33.7. The predicted molar refractivity (Wildman–Crippen MR) is 180 cm³/mol. The summed E-state index contributed by atoms with van der Waals surface area (Å²) < 4.78 is 31.5. The third-order valence-electron chi connectivity index (χ3n) is 8.12. The Labute approximate surface area is 279 Å². The number of sulfone groups is 1. The molecule has 1 aromatic heterocycles. The lowest BCUT2D eigenvalue weighted by Crippen LogP contribution is -2.52. The van der Waals surface area contributed by atoms with E-state index in [0.29, 0.717) is 68.6 Å². The third-order valence-corrected chi connectivity index (χ3v) is 10.6. The number of β-amino-alcohol motifs (C(OH)–C–C–N with tert-alkyl or cyclic N) is 1. The van der Waals surface area contributed by atoms with E-state index in [1.54, 1.807) is 64.9 Å². The van der Waals surface area contributed by atoms with E-state index in [4.69, 9.17) is 21.4 Å². The first-order valence-electron chi connectivity index (χ1n) is 15.3. The fourth-order valence-electron chi connectivity index (χ4n) is 5.38. The maximum absolute atomic E-state index is 13.3. The van der Waals surface area contributed by atoms with E-state index < -0.39 is 15.1 Å². The Bertz CT molecular complexity index is 1720. The SMILES string of the molecule is COc1cc(N2CCN(CC(=O)N3CCN(CCO)CC3)C2=O)ccc1Nc1ncc(Cl)c(Nc2ccccc2S(=O)(=O)C(C)C)n1. The topological polar surface area (TPSA) is 161 Å². The number of piperazine rings is 1. The lowest BCUT2D eigenvalue weighted by Gasteiger charge is -2.35. The number of anilines is 5. The average molecular weight is 687 g/mol. The molecule has 2 aliphatic rings. The molecule has 0 atom stereocenters. The molecule has 3 heterocycles. The molecule has 0 spiro atoms. The normalized spacial score (nSPS) is 15.8. The molecule has 0 saturated carbocycles. The molecule has 16 heteroatoms. The first kappa shape index (κ1) is 34.2. The molecule has 3 N–H and O–H groups in total. The molecule has 2 fully saturated rings. The highest BCUT2D eigenvalue weighted by atomic mass is 35.5. The van der Waals surface area contributed by atoms with Crippen LogP contribution in [0.5, 0.6) is 5.75 Å². The van der Waals surface area contributed by atoms with Crippen molar-refractivity contribution < 1.29 is 27.9 Å². The van der Waals surface area contributed by atoms with Crippen LogP contribution in [0.25, 0.3) is 0 Å². The number of amides is 3. The molecule has 3 aromatic rings. The van der Waals surface area contributed by atoms with Crippen molar-refractivity contribution in [1.82, 2.24) is 24.7 Å². The van der Waals surface area contributed by atoms with Gasteiger partial charge in [-0.05, 0) is 38.1 Å². The van der Waals surface area contributed by atoms with Gasteiger partial charge in [-0.25, -0.2) is 18.2 Å². The van der Waals surface area contributed by atoms with Crippen molar-refractivity contribution in [2.75, 3.05) is 81.6 Å². The molecule has 3 amide bonds. The molecule has 2 saturated heterocycles. The smallest absolute Gasteiger partial charge is 0.325 e. The van der Waals surface area contributed by atoms with Crippen LogP contribution in [0.3, 0.4) is 0 Å². The van der Waals surface area contributed by atoms with E-state index in [2.05, 4.69) is 25.5 Å². The second-order valence-corrected chi connectivity index (χ2v) is 14.3.